The van der Waals surface area contributed by atoms with Crippen molar-refractivity contribution in [2.45, 2.75) is 26.7 Å². The van der Waals surface area contributed by atoms with Crippen molar-refractivity contribution in [2.75, 3.05) is 5.32 Å². The number of amides is 1. The number of carbonyl (C=O) groups is 1. The van der Waals surface area contributed by atoms with Crippen molar-refractivity contribution in [3.63, 3.8) is 0 Å². The van der Waals surface area contributed by atoms with Gasteiger partial charge in [0.2, 0.25) is 5.91 Å². The van der Waals surface area contributed by atoms with Gasteiger partial charge in [0, 0.05) is 36.4 Å². The van der Waals surface area contributed by atoms with Crippen LogP contribution >= 0.6 is 0 Å². The van der Waals surface area contributed by atoms with Crippen LogP contribution in [0.4, 0.5) is 10.1 Å². The molecule has 5 nitrogen and oxygen atoms in total. The molecule has 0 saturated carbocycles. The largest absolute Gasteiger partial charge is 0.324 e. The smallest absolute Gasteiger partial charge is 0.231 e. The molecule has 0 radical (unpaired) electrons. The first-order valence-corrected chi connectivity index (χ1v) is 8.12. The molecule has 0 aliphatic heterocycles. The normalized spacial score (nSPS) is 12.2. The molecule has 1 amide bonds. The number of hydrogen-bond donors (Lipinski definition) is 1. The predicted molar refractivity (Wildman–Crippen MR) is 95.5 cm³/mol. The van der Waals surface area contributed by atoms with Gasteiger partial charge in [-0.2, -0.15) is 5.10 Å². The average Bonchev–Trinajstić information content (AvgIpc) is 3.18. The lowest BCUT2D eigenvalue weighted by atomic mass is 9.98. The van der Waals surface area contributed by atoms with Gasteiger partial charge in [-0.25, -0.2) is 4.39 Å². The van der Waals surface area contributed by atoms with E-state index in [1.54, 1.807) is 23.7 Å². The number of carbonyl (C=O) groups excluding carboxylic acids is 1. The first-order valence-electron chi connectivity index (χ1n) is 8.12. The molecule has 130 valence electrons. The van der Waals surface area contributed by atoms with E-state index in [0.29, 0.717) is 0 Å². The number of benzene rings is 1. The highest BCUT2D eigenvalue weighted by Gasteiger charge is 2.23. The van der Waals surface area contributed by atoms with Crippen molar-refractivity contribution < 1.29 is 9.18 Å². The van der Waals surface area contributed by atoms with Gasteiger partial charge >= 0.3 is 0 Å². The molecule has 0 aliphatic rings. The minimum Gasteiger partial charge on any atom is -0.324 e. The Bertz CT molecular complexity index is 912. The van der Waals surface area contributed by atoms with E-state index < -0.39 is 11.7 Å². The maximum absolute atomic E-state index is 14.2. The van der Waals surface area contributed by atoms with Crippen LogP contribution < -0.4 is 5.32 Å². The van der Waals surface area contributed by atoms with E-state index in [0.717, 1.165) is 22.6 Å². The van der Waals surface area contributed by atoms with E-state index in [1.807, 2.05) is 50.0 Å². The van der Waals surface area contributed by atoms with Crippen LogP contribution in [0.3, 0.4) is 0 Å². The van der Waals surface area contributed by atoms with Gasteiger partial charge in [-0.1, -0.05) is 0 Å². The second-order valence-corrected chi connectivity index (χ2v) is 6.17. The molecule has 2 heterocycles. The molecule has 25 heavy (non-hydrogen) atoms. The molecular weight excluding hydrogens is 319 g/mol. The summed E-state index contributed by atoms with van der Waals surface area (Å²) < 4.78 is 17.8. The fourth-order valence-corrected chi connectivity index (χ4v) is 3.07. The summed E-state index contributed by atoms with van der Waals surface area (Å²) in [4.78, 5) is 12.7. The number of aryl methyl sites for hydroxylation is 2. The minimum atomic E-state index is -0.462. The molecule has 0 saturated heterocycles. The predicted octanol–water partition coefficient (Wildman–Crippen LogP) is 3.71. The van der Waals surface area contributed by atoms with E-state index >= 15 is 0 Å². The summed E-state index contributed by atoms with van der Waals surface area (Å²) in [5.74, 6) is -1.15. The van der Waals surface area contributed by atoms with E-state index in [1.165, 1.54) is 6.07 Å². The second kappa shape index (κ2) is 6.55. The third-order valence-electron chi connectivity index (χ3n) is 4.50. The number of nitrogens with one attached hydrogen (secondary N) is 1. The molecule has 0 aliphatic carbocycles. The van der Waals surface area contributed by atoms with Crippen molar-refractivity contribution in [3.05, 3.63) is 65.5 Å². The summed E-state index contributed by atoms with van der Waals surface area (Å²) >= 11 is 0. The van der Waals surface area contributed by atoms with Crippen molar-refractivity contribution >= 4 is 11.6 Å². The lowest BCUT2D eigenvalue weighted by Crippen LogP contribution is -2.20. The van der Waals surface area contributed by atoms with Crippen LogP contribution in [0.25, 0.3) is 5.69 Å². The van der Waals surface area contributed by atoms with Crippen LogP contribution in [-0.2, 0) is 11.8 Å². The Labute approximate surface area is 146 Å². The Balaban J connectivity index is 1.86. The summed E-state index contributed by atoms with van der Waals surface area (Å²) in [6, 6.07) is 8.43. The van der Waals surface area contributed by atoms with E-state index in [4.69, 9.17) is 0 Å². The van der Waals surface area contributed by atoms with Crippen LogP contribution in [0.5, 0.6) is 0 Å². The Kier molecular flexibility index (Phi) is 4.44. The Morgan fingerprint density at radius 1 is 1.24 bits per heavy atom. The summed E-state index contributed by atoms with van der Waals surface area (Å²) in [5, 5.41) is 7.06. The van der Waals surface area contributed by atoms with Gasteiger partial charge in [0.1, 0.15) is 5.82 Å². The van der Waals surface area contributed by atoms with Crippen LogP contribution in [0.1, 0.15) is 29.8 Å². The van der Waals surface area contributed by atoms with Gasteiger partial charge in [-0.15, -0.1) is 0 Å². The van der Waals surface area contributed by atoms with Gasteiger partial charge < -0.3 is 9.88 Å². The zero-order valence-corrected chi connectivity index (χ0v) is 14.7. The van der Waals surface area contributed by atoms with Gasteiger partial charge in [0.25, 0.3) is 0 Å². The first kappa shape index (κ1) is 17.0. The van der Waals surface area contributed by atoms with Crippen molar-refractivity contribution in [1.29, 1.82) is 0 Å². The molecule has 0 fully saturated rings. The molecular formula is C19H21FN4O. The van der Waals surface area contributed by atoms with Crippen LogP contribution in [0, 0.1) is 19.7 Å². The monoisotopic (exact) mass is 340 g/mol. The number of aromatic nitrogens is 3. The molecule has 6 heteroatoms. The summed E-state index contributed by atoms with van der Waals surface area (Å²) in [5.41, 5.74) is 3.57. The number of halogens is 1. The molecule has 0 spiro atoms. The molecule has 1 aromatic carbocycles. The third-order valence-corrected chi connectivity index (χ3v) is 4.50. The summed E-state index contributed by atoms with van der Waals surface area (Å²) in [6.07, 6.45) is 3.73. The molecule has 3 rings (SSSR count). The first-order chi connectivity index (χ1) is 11.9. The number of nitrogens with zero attached hydrogens (tertiary/aromatic N) is 3. The summed E-state index contributed by atoms with van der Waals surface area (Å²) in [6.45, 7) is 5.60. The zero-order valence-electron chi connectivity index (χ0n) is 14.7. The topological polar surface area (TPSA) is 51.9 Å². The maximum atomic E-state index is 14.2. The fourth-order valence-electron chi connectivity index (χ4n) is 3.07. The Morgan fingerprint density at radius 3 is 2.52 bits per heavy atom. The Hall–Kier alpha value is -2.89. The standard InChI is InChI=1S/C19H21FN4O/c1-12(18-13(2)22-23(4)14(18)3)19(25)21-17-11-15(7-8-16(17)20)24-9-5-6-10-24/h5-12H,1-4H3,(H,21,25)/t12-/m0/s1. The summed E-state index contributed by atoms with van der Waals surface area (Å²) in [7, 11) is 1.84. The highest BCUT2D eigenvalue weighted by molar-refractivity contribution is 5.96. The SMILES string of the molecule is Cc1nn(C)c(C)c1[C@H](C)C(=O)Nc1cc(-n2cccc2)ccc1F. The molecule has 1 atom stereocenters. The van der Waals surface area contributed by atoms with Crippen LogP contribution in [0.15, 0.2) is 42.7 Å². The quantitative estimate of drug-likeness (QED) is 0.787. The maximum Gasteiger partial charge on any atom is 0.231 e. The van der Waals surface area contributed by atoms with E-state index in [-0.39, 0.29) is 11.6 Å². The number of anilines is 1. The van der Waals surface area contributed by atoms with Crippen molar-refractivity contribution in [1.82, 2.24) is 14.3 Å². The molecule has 0 bridgehead atoms. The van der Waals surface area contributed by atoms with Crippen molar-refractivity contribution in [2.24, 2.45) is 7.05 Å². The third kappa shape index (κ3) is 3.20. The zero-order chi connectivity index (χ0) is 18.1. The lowest BCUT2D eigenvalue weighted by Gasteiger charge is -2.14. The Morgan fingerprint density at radius 2 is 1.92 bits per heavy atom. The highest BCUT2D eigenvalue weighted by atomic mass is 19.1. The minimum absolute atomic E-state index is 0.169. The van der Waals surface area contributed by atoms with Gasteiger partial charge in [-0.05, 0) is 51.1 Å². The second-order valence-electron chi connectivity index (χ2n) is 6.17. The van der Waals surface area contributed by atoms with Crippen molar-refractivity contribution in [3.8, 4) is 5.69 Å². The molecule has 3 aromatic rings. The number of rotatable bonds is 4. The van der Waals surface area contributed by atoms with E-state index in [9.17, 15) is 9.18 Å². The van der Waals surface area contributed by atoms with Crippen LogP contribution in [0.2, 0.25) is 0 Å². The van der Waals surface area contributed by atoms with Gasteiger partial charge in [0.15, 0.2) is 0 Å². The van der Waals surface area contributed by atoms with Gasteiger partial charge in [-0.3, -0.25) is 9.48 Å². The molecule has 0 unspecified atom stereocenters. The van der Waals surface area contributed by atoms with Crippen LogP contribution in [-0.4, -0.2) is 20.3 Å². The molecule has 2 aromatic heterocycles. The van der Waals surface area contributed by atoms with Gasteiger partial charge in [0.05, 0.1) is 17.3 Å². The molecule has 1 N–H and O–H groups in total. The highest BCUT2D eigenvalue weighted by Crippen LogP contribution is 2.26. The number of hydrogen-bond acceptors (Lipinski definition) is 2. The lowest BCUT2D eigenvalue weighted by molar-refractivity contribution is -0.117. The fraction of sp³-hybridized carbons (Fsp3) is 0.263. The average molecular weight is 340 g/mol. The van der Waals surface area contributed by atoms with E-state index in [2.05, 4.69) is 10.4 Å².